The fourth-order valence-corrected chi connectivity index (χ4v) is 1.41. The maximum absolute atomic E-state index is 2.29. The van der Waals surface area contributed by atoms with Gasteiger partial charge in [-0.2, -0.15) is 0 Å². The lowest BCUT2D eigenvalue weighted by Gasteiger charge is -2.00. The van der Waals surface area contributed by atoms with Gasteiger partial charge < -0.3 is 0 Å². The highest BCUT2D eigenvalue weighted by atomic mass is 14.0. The lowest BCUT2D eigenvalue weighted by molar-refractivity contribution is 0.534. The second kappa shape index (κ2) is 17.4. The first kappa shape index (κ1) is 21.3. The summed E-state index contributed by atoms with van der Waals surface area (Å²) in [6, 6.07) is 0. The molecule has 0 spiro atoms. The van der Waals surface area contributed by atoms with E-state index in [4.69, 9.17) is 0 Å². The topological polar surface area (TPSA) is 0 Å². The minimum Gasteiger partial charge on any atom is -0.0776 e. The average Bonchev–Trinajstić information content (AvgIpc) is 2.15. The van der Waals surface area contributed by atoms with E-state index in [1.54, 1.807) is 0 Å². The Morgan fingerprint density at radius 1 is 0.625 bits per heavy atom. The molecule has 0 aliphatic heterocycles. The molecule has 102 valence electrons. The summed E-state index contributed by atoms with van der Waals surface area (Å²) in [5.74, 6) is 1.81. The molecule has 0 heterocycles. The van der Waals surface area contributed by atoms with E-state index in [0.29, 0.717) is 0 Å². The van der Waals surface area contributed by atoms with Gasteiger partial charge in [-0.25, -0.2) is 0 Å². The smallest absolute Gasteiger partial charge is 0.0471 e. The van der Waals surface area contributed by atoms with Crippen LogP contribution in [0.4, 0.5) is 0 Å². The molecule has 0 bridgehead atoms. The minimum atomic E-state index is 0. The molecule has 0 atom stereocenters. The van der Waals surface area contributed by atoms with Crippen molar-refractivity contribution in [3.05, 3.63) is 0 Å². The molecule has 0 rings (SSSR count). The Morgan fingerprint density at radius 2 is 1.00 bits per heavy atom. The van der Waals surface area contributed by atoms with Gasteiger partial charge in [-0.1, -0.05) is 93.9 Å². The predicted octanol–water partition coefficient (Wildman–Crippen LogP) is 6.69. The molecular weight excluding hydrogens is 192 g/mol. The Bertz CT molecular complexity index is 92.2. The lowest BCUT2D eigenvalue weighted by atomic mass is 10.1. The van der Waals surface area contributed by atoms with Crippen LogP contribution in [0.5, 0.6) is 0 Å². The fourth-order valence-electron chi connectivity index (χ4n) is 1.41. The maximum Gasteiger partial charge on any atom is -0.0471 e. The van der Waals surface area contributed by atoms with Crippen molar-refractivity contribution >= 4 is 0 Å². The van der Waals surface area contributed by atoms with Crippen molar-refractivity contribution in [3.8, 4) is 0 Å². The van der Waals surface area contributed by atoms with E-state index in [9.17, 15) is 0 Å². The van der Waals surface area contributed by atoms with Crippen molar-refractivity contribution in [2.75, 3.05) is 0 Å². The highest BCUT2D eigenvalue weighted by molar-refractivity contribution is 4.44. The van der Waals surface area contributed by atoms with Gasteiger partial charge in [0.2, 0.25) is 0 Å². The third kappa shape index (κ3) is 29.2. The van der Waals surface area contributed by atoms with Crippen LogP contribution in [0.3, 0.4) is 0 Å². The van der Waals surface area contributed by atoms with Crippen LogP contribution in [-0.4, -0.2) is 0 Å². The highest BCUT2D eigenvalue weighted by Gasteiger charge is 1.90. The molecule has 0 aromatic rings. The highest BCUT2D eigenvalue weighted by Crippen LogP contribution is 2.06. The normalized spacial score (nSPS) is 9.75. The average molecular weight is 230 g/mol. The number of hydrogen-bond acceptors (Lipinski definition) is 0. The van der Waals surface area contributed by atoms with Crippen LogP contribution in [0.15, 0.2) is 0 Å². The van der Waals surface area contributed by atoms with Gasteiger partial charge >= 0.3 is 0 Å². The second-order valence-corrected chi connectivity index (χ2v) is 5.43. The zero-order valence-corrected chi connectivity index (χ0v) is 12.1. The van der Waals surface area contributed by atoms with Gasteiger partial charge in [-0.15, -0.1) is 0 Å². The van der Waals surface area contributed by atoms with Gasteiger partial charge in [-0.05, 0) is 11.8 Å². The Morgan fingerprint density at radius 3 is 1.25 bits per heavy atom. The van der Waals surface area contributed by atoms with E-state index in [1.165, 1.54) is 44.9 Å². The van der Waals surface area contributed by atoms with Crippen LogP contribution >= 0.6 is 0 Å². The molecule has 0 aromatic heterocycles. The molecule has 0 nitrogen and oxygen atoms in total. The van der Waals surface area contributed by atoms with Crippen LogP contribution in [-0.2, 0) is 0 Å². The van der Waals surface area contributed by atoms with Gasteiger partial charge in [0.25, 0.3) is 0 Å². The molecule has 0 radical (unpaired) electrons. The number of rotatable bonds is 7. The standard InChI is InChI=1S/C8H18.C7H16.CH4/c1-4-5-6-7-8(2)3;1-4-5-6-7(2)3;/h8H,4-7H2,1-3H3;7H,4-6H2,1-3H3;1H4. The summed E-state index contributed by atoms with van der Waals surface area (Å²) in [5, 5.41) is 0. The second-order valence-electron chi connectivity index (χ2n) is 5.43. The molecule has 0 saturated heterocycles. The minimum absolute atomic E-state index is 0. The zero-order chi connectivity index (χ0) is 12.1. The first-order valence-electron chi connectivity index (χ1n) is 7.04. The monoisotopic (exact) mass is 230 g/mol. The molecule has 16 heavy (non-hydrogen) atoms. The molecule has 0 unspecified atom stereocenters. The van der Waals surface area contributed by atoms with Crippen molar-refractivity contribution in [1.29, 1.82) is 0 Å². The largest absolute Gasteiger partial charge is 0.0776 e. The van der Waals surface area contributed by atoms with Crippen molar-refractivity contribution in [1.82, 2.24) is 0 Å². The van der Waals surface area contributed by atoms with Crippen molar-refractivity contribution in [2.45, 2.75) is 93.9 Å². The molecule has 0 N–H and O–H groups in total. The van der Waals surface area contributed by atoms with E-state index >= 15 is 0 Å². The van der Waals surface area contributed by atoms with Crippen molar-refractivity contribution in [3.63, 3.8) is 0 Å². The van der Waals surface area contributed by atoms with Gasteiger partial charge in [0.15, 0.2) is 0 Å². The van der Waals surface area contributed by atoms with E-state index in [0.717, 1.165) is 11.8 Å². The third-order valence-electron chi connectivity index (χ3n) is 2.52. The Labute approximate surface area is 106 Å². The maximum atomic E-state index is 2.29. The molecule has 0 aromatic carbocycles. The van der Waals surface area contributed by atoms with Crippen molar-refractivity contribution < 1.29 is 0 Å². The molecular formula is C16H38. The summed E-state index contributed by atoms with van der Waals surface area (Å²) in [6.07, 6.45) is 9.75. The van der Waals surface area contributed by atoms with Crippen LogP contribution in [0.2, 0.25) is 0 Å². The summed E-state index contributed by atoms with van der Waals surface area (Å²) in [6.45, 7) is 13.6. The quantitative estimate of drug-likeness (QED) is 0.427. The van der Waals surface area contributed by atoms with E-state index < -0.39 is 0 Å². The SMILES string of the molecule is C.CCCCC(C)C.CCCCCC(C)C. The summed E-state index contributed by atoms with van der Waals surface area (Å²) < 4.78 is 0. The summed E-state index contributed by atoms with van der Waals surface area (Å²) >= 11 is 0. The zero-order valence-electron chi connectivity index (χ0n) is 12.1. The van der Waals surface area contributed by atoms with Gasteiger partial charge in [-0.3, -0.25) is 0 Å². The van der Waals surface area contributed by atoms with E-state index in [-0.39, 0.29) is 7.43 Å². The van der Waals surface area contributed by atoms with Crippen LogP contribution < -0.4 is 0 Å². The van der Waals surface area contributed by atoms with Crippen molar-refractivity contribution in [2.24, 2.45) is 11.8 Å². The summed E-state index contributed by atoms with van der Waals surface area (Å²) in [5.41, 5.74) is 0. The molecule has 0 amide bonds. The van der Waals surface area contributed by atoms with E-state index in [2.05, 4.69) is 41.5 Å². The fraction of sp³-hybridized carbons (Fsp3) is 1.00. The van der Waals surface area contributed by atoms with Crippen LogP contribution in [0.1, 0.15) is 93.9 Å². The Kier molecular flexibility index (Phi) is 23.2. The predicted molar refractivity (Wildman–Crippen MR) is 80.1 cm³/mol. The van der Waals surface area contributed by atoms with Crippen LogP contribution in [0, 0.1) is 11.8 Å². The summed E-state index contributed by atoms with van der Waals surface area (Å²) in [7, 11) is 0. The third-order valence-corrected chi connectivity index (χ3v) is 2.52. The lowest BCUT2D eigenvalue weighted by Crippen LogP contribution is -1.85. The molecule has 0 saturated carbocycles. The molecule has 0 heteroatoms. The first-order valence-corrected chi connectivity index (χ1v) is 7.04. The van der Waals surface area contributed by atoms with Gasteiger partial charge in [0, 0.05) is 0 Å². The molecule has 0 aliphatic rings. The summed E-state index contributed by atoms with van der Waals surface area (Å²) in [4.78, 5) is 0. The number of unbranched alkanes of at least 4 members (excludes halogenated alkanes) is 3. The Hall–Kier alpha value is 0. The van der Waals surface area contributed by atoms with Crippen LogP contribution in [0.25, 0.3) is 0 Å². The first-order chi connectivity index (χ1) is 7.04. The van der Waals surface area contributed by atoms with Gasteiger partial charge in [0.1, 0.15) is 0 Å². The Balaban J connectivity index is -0.000000200. The van der Waals surface area contributed by atoms with Gasteiger partial charge in [0.05, 0.1) is 0 Å². The van der Waals surface area contributed by atoms with E-state index in [1.807, 2.05) is 0 Å². The molecule has 0 fully saturated rings. The number of hydrogen-bond donors (Lipinski definition) is 0. The molecule has 0 aliphatic carbocycles.